The van der Waals surface area contributed by atoms with Crippen LogP contribution in [0.25, 0.3) is 0 Å². The molecular formula is C20H25N3O6. The van der Waals surface area contributed by atoms with Gasteiger partial charge in [0.15, 0.2) is 0 Å². The predicted octanol–water partition coefficient (Wildman–Crippen LogP) is 0.538. The molecule has 29 heavy (non-hydrogen) atoms. The summed E-state index contributed by atoms with van der Waals surface area (Å²) in [5, 5.41) is 14.8. The normalized spacial score (nSPS) is 26.2. The molecule has 1 saturated heterocycles. The van der Waals surface area contributed by atoms with Crippen molar-refractivity contribution in [2.24, 2.45) is 0 Å². The third-order valence-electron chi connectivity index (χ3n) is 5.14. The highest BCUT2D eigenvalue weighted by atomic mass is 16.5. The second kappa shape index (κ2) is 8.93. The van der Waals surface area contributed by atoms with Gasteiger partial charge in [0, 0.05) is 13.0 Å². The zero-order chi connectivity index (χ0) is 21.0. The lowest BCUT2D eigenvalue weighted by atomic mass is 10.1. The zero-order valence-electron chi connectivity index (χ0n) is 16.2. The number of para-hydroxylation sites is 1. The van der Waals surface area contributed by atoms with Gasteiger partial charge in [-0.15, -0.1) is 0 Å². The number of carboxylic acid groups (broad SMARTS) is 1. The van der Waals surface area contributed by atoms with Gasteiger partial charge in [-0.25, -0.2) is 4.79 Å². The Morgan fingerprint density at radius 3 is 2.69 bits per heavy atom. The smallest absolute Gasteiger partial charge is 0.326 e. The molecule has 0 spiro atoms. The number of fused-ring (bicyclic) bond motifs is 2. The van der Waals surface area contributed by atoms with Crippen molar-refractivity contribution in [3.05, 3.63) is 29.8 Å². The largest absolute Gasteiger partial charge is 0.491 e. The van der Waals surface area contributed by atoms with Crippen LogP contribution in [0.15, 0.2) is 24.3 Å². The fourth-order valence-corrected chi connectivity index (χ4v) is 3.62. The number of hydrogen-bond acceptors (Lipinski definition) is 5. The summed E-state index contributed by atoms with van der Waals surface area (Å²) < 4.78 is 5.72. The number of aliphatic carboxylic acids is 1. The van der Waals surface area contributed by atoms with Gasteiger partial charge in [-0.3, -0.25) is 14.4 Å². The van der Waals surface area contributed by atoms with E-state index in [0.717, 1.165) is 0 Å². The number of nitrogens with one attached hydrogen (secondary N) is 2. The standard InChI is InChI=1S/C20H25N3O6/c1-12-11-29-16-7-3-2-5-13(16)18(25)22-14(20(27)28)8-9-17(24)23-10-4-6-15(23)19(26)21-12/h2-3,5,7,12,14-15H,4,6,8-11H2,1H3,(H,21,26)(H,22,25)(H,27,28)/t12-,14+,15-/m1/s1. The molecule has 2 aliphatic heterocycles. The fraction of sp³-hybridized carbons (Fsp3) is 0.500. The Morgan fingerprint density at radius 1 is 1.17 bits per heavy atom. The summed E-state index contributed by atoms with van der Waals surface area (Å²) in [6, 6.07) is 4.36. The minimum absolute atomic E-state index is 0.0653. The lowest BCUT2D eigenvalue weighted by Crippen LogP contribution is -2.49. The van der Waals surface area contributed by atoms with Crippen LogP contribution >= 0.6 is 0 Å². The van der Waals surface area contributed by atoms with Crippen molar-refractivity contribution in [1.29, 1.82) is 0 Å². The van der Waals surface area contributed by atoms with Crippen molar-refractivity contribution >= 4 is 23.7 Å². The van der Waals surface area contributed by atoms with E-state index in [1.807, 2.05) is 0 Å². The van der Waals surface area contributed by atoms with Crippen LogP contribution in [0.1, 0.15) is 43.0 Å². The Hall–Kier alpha value is -3.10. The van der Waals surface area contributed by atoms with Gasteiger partial charge in [0.1, 0.15) is 24.4 Å². The van der Waals surface area contributed by atoms with Crippen molar-refractivity contribution in [3.8, 4) is 5.75 Å². The van der Waals surface area contributed by atoms with E-state index >= 15 is 0 Å². The molecule has 3 rings (SSSR count). The molecule has 9 heteroatoms. The fourth-order valence-electron chi connectivity index (χ4n) is 3.62. The van der Waals surface area contributed by atoms with Crippen molar-refractivity contribution in [3.63, 3.8) is 0 Å². The lowest BCUT2D eigenvalue weighted by Gasteiger charge is -2.26. The molecule has 156 valence electrons. The first-order valence-electron chi connectivity index (χ1n) is 9.72. The third-order valence-corrected chi connectivity index (χ3v) is 5.14. The highest BCUT2D eigenvalue weighted by molar-refractivity contribution is 5.99. The molecule has 1 fully saturated rings. The Kier molecular flexibility index (Phi) is 6.36. The number of ether oxygens (including phenoxy) is 1. The summed E-state index contributed by atoms with van der Waals surface area (Å²) in [5.74, 6) is -2.06. The molecule has 0 aromatic heterocycles. The topological polar surface area (TPSA) is 125 Å². The molecule has 2 heterocycles. The molecule has 2 aliphatic rings. The van der Waals surface area contributed by atoms with Crippen LogP contribution in [-0.2, 0) is 14.4 Å². The van der Waals surface area contributed by atoms with E-state index in [9.17, 15) is 24.3 Å². The van der Waals surface area contributed by atoms with E-state index in [4.69, 9.17) is 4.74 Å². The molecule has 3 N–H and O–H groups in total. The summed E-state index contributed by atoms with van der Waals surface area (Å²) >= 11 is 0. The predicted molar refractivity (Wildman–Crippen MR) is 102 cm³/mol. The maximum absolute atomic E-state index is 12.6. The summed E-state index contributed by atoms with van der Waals surface area (Å²) in [6.45, 7) is 2.36. The average molecular weight is 403 g/mol. The van der Waals surface area contributed by atoms with E-state index in [2.05, 4.69) is 10.6 Å². The van der Waals surface area contributed by atoms with E-state index in [-0.39, 0.29) is 42.9 Å². The highest BCUT2D eigenvalue weighted by Gasteiger charge is 2.35. The summed E-state index contributed by atoms with van der Waals surface area (Å²) in [5.41, 5.74) is 0.194. The SMILES string of the molecule is C[C@@H]1COc2ccccc2C(=O)N[C@H](C(=O)O)CCC(=O)N2CCC[C@@H]2C(=O)N1. The minimum Gasteiger partial charge on any atom is -0.491 e. The first-order valence-corrected chi connectivity index (χ1v) is 9.72. The monoisotopic (exact) mass is 403 g/mol. The van der Waals surface area contributed by atoms with Gasteiger partial charge in [-0.2, -0.15) is 0 Å². The molecule has 1 aromatic carbocycles. The summed E-state index contributed by atoms with van der Waals surface area (Å²) in [6.07, 6.45) is 1.13. The van der Waals surface area contributed by atoms with E-state index in [1.165, 1.54) is 11.0 Å². The highest BCUT2D eigenvalue weighted by Crippen LogP contribution is 2.21. The number of hydrogen-bond donors (Lipinski definition) is 3. The first-order chi connectivity index (χ1) is 13.9. The van der Waals surface area contributed by atoms with Gasteiger partial charge in [0.05, 0.1) is 11.6 Å². The number of benzene rings is 1. The number of carbonyl (C=O) groups is 4. The second-order valence-electron chi connectivity index (χ2n) is 7.36. The number of amides is 3. The van der Waals surface area contributed by atoms with Crippen LogP contribution in [0.3, 0.4) is 0 Å². The van der Waals surface area contributed by atoms with E-state index in [1.54, 1.807) is 25.1 Å². The maximum Gasteiger partial charge on any atom is 0.326 e. The Labute approximate surface area is 168 Å². The van der Waals surface area contributed by atoms with Crippen LogP contribution in [0.5, 0.6) is 5.75 Å². The van der Waals surface area contributed by atoms with Crippen molar-refractivity contribution < 1.29 is 29.0 Å². The van der Waals surface area contributed by atoms with Crippen molar-refractivity contribution in [1.82, 2.24) is 15.5 Å². The van der Waals surface area contributed by atoms with E-state index < -0.39 is 24.0 Å². The molecule has 3 amide bonds. The van der Waals surface area contributed by atoms with Gasteiger partial charge >= 0.3 is 5.97 Å². The number of nitrogens with zero attached hydrogens (tertiary/aromatic N) is 1. The van der Waals surface area contributed by atoms with E-state index in [0.29, 0.717) is 25.1 Å². The van der Waals surface area contributed by atoms with Crippen LogP contribution in [-0.4, -0.2) is 65.0 Å². The van der Waals surface area contributed by atoms with Gasteiger partial charge in [-0.1, -0.05) is 12.1 Å². The van der Waals surface area contributed by atoms with Crippen molar-refractivity contribution in [2.45, 2.75) is 50.7 Å². The molecule has 0 unspecified atom stereocenters. The molecule has 9 nitrogen and oxygen atoms in total. The maximum atomic E-state index is 12.6. The van der Waals surface area contributed by atoms with Gasteiger partial charge in [0.2, 0.25) is 11.8 Å². The summed E-state index contributed by atoms with van der Waals surface area (Å²) in [4.78, 5) is 51.0. The zero-order valence-corrected chi connectivity index (χ0v) is 16.2. The minimum atomic E-state index is -1.22. The Balaban J connectivity index is 1.88. The van der Waals surface area contributed by atoms with Crippen LogP contribution in [0, 0.1) is 0 Å². The Bertz CT molecular complexity index is 811. The number of carbonyl (C=O) groups excluding carboxylic acids is 3. The molecule has 0 saturated carbocycles. The number of rotatable bonds is 1. The lowest BCUT2D eigenvalue weighted by molar-refractivity contribution is -0.141. The van der Waals surface area contributed by atoms with Crippen LogP contribution in [0.4, 0.5) is 0 Å². The van der Waals surface area contributed by atoms with Crippen LogP contribution < -0.4 is 15.4 Å². The third kappa shape index (κ3) is 4.85. The summed E-state index contributed by atoms with van der Waals surface area (Å²) in [7, 11) is 0. The van der Waals surface area contributed by atoms with Gasteiger partial charge in [-0.05, 0) is 38.3 Å². The molecule has 0 bridgehead atoms. The number of carboxylic acids is 1. The molecule has 0 aliphatic carbocycles. The molecule has 1 aromatic rings. The van der Waals surface area contributed by atoms with Crippen LogP contribution in [0.2, 0.25) is 0 Å². The van der Waals surface area contributed by atoms with Gasteiger partial charge in [0.25, 0.3) is 5.91 Å². The second-order valence-corrected chi connectivity index (χ2v) is 7.36. The molecule has 0 radical (unpaired) electrons. The quantitative estimate of drug-likeness (QED) is 0.628. The molecule has 3 atom stereocenters. The average Bonchev–Trinajstić information content (AvgIpc) is 3.18. The Morgan fingerprint density at radius 2 is 1.93 bits per heavy atom. The van der Waals surface area contributed by atoms with Crippen molar-refractivity contribution in [2.75, 3.05) is 13.2 Å². The van der Waals surface area contributed by atoms with Gasteiger partial charge < -0.3 is 25.4 Å². The molecular weight excluding hydrogens is 378 g/mol. The first kappa shape index (κ1) is 20.6.